The van der Waals surface area contributed by atoms with E-state index < -0.39 is 11.8 Å². The monoisotopic (exact) mass is 384 g/mol. The van der Waals surface area contributed by atoms with Crippen molar-refractivity contribution in [3.05, 3.63) is 59.0 Å². The van der Waals surface area contributed by atoms with Crippen molar-refractivity contribution in [2.75, 3.05) is 6.54 Å². The summed E-state index contributed by atoms with van der Waals surface area (Å²) >= 11 is 0. The SMILES string of the molecule is Cc1cc(C)n(CCNC(=O)c2nc(COc3ccccc3C(N)=O)no2)n1. The van der Waals surface area contributed by atoms with Crippen molar-refractivity contribution in [1.82, 2.24) is 25.2 Å². The van der Waals surface area contributed by atoms with E-state index in [0.29, 0.717) is 18.8 Å². The third kappa shape index (κ3) is 4.53. The summed E-state index contributed by atoms with van der Waals surface area (Å²) in [5.74, 6) is -0.794. The lowest BCUT2D eigenvalue weighted by molar-refractivity contribution is 0.0907. The van der Waals surface area contributed by atoms with Crippen LogP contribution in [0.15, 0.2) is 34.9 Å². The molecule has 0 bridgehead atoms. The molecule has 28 heavy (non-hydrogen) atoms. The molecule has 1 aromatic carbocycles. The zero-order valence-corrected chi connectivity index (χ0v) is 15.5. The summed E-state index contributed by atoms with van der Waals surface area (Å²) < 4.78 is 12.3. The second-order valence-corrected chi connectivity index (χ2v) is 6.07. The number of ether oxygens (including phenoxy) is 1. The van der Waals surface area contributed by atoms with Crippen LogP contribution >= 0.6 is 0 Å². The first-order chi connectivity index (χ1) is 13.4. The molecule has 2 aromatic heterocycles. The van der Waals surface area contributed by atoms with Gasteiger partial charge in [0.15, 0.2) is 6.61 Å². The van der Waals surface area contributed by atoms with Crippen molar-refractivity contribution in [3.63, 3.8) is 0 Å². The Balaban J connectivity index is 1.53. The molecule has 10 nitrogen and oxygen atoms in total. The summed E-state index contributed by atoms with van der Waals surface area (Å²) in [6.45, 7) is 4.67. The van der Waals surface area contributed by atoms with Gasteiger partial charge in [0, 0.05) is 12.2 Å². The fourth-order valence-electron chi connectivity index (χ4n) is 2.60. The number of hydrogen-bond donors (Lipinski definition) is 2. The van der Waals surface area contributed by atoms with E-state index in [1.54, 1.807) is 28.9 Å². The summed E-state index contributed by atoms with van der Waals surface area (Å²) in [7, 11) is 0. The van der Waals surface area contributed by atoms with Crippen LogP contribution in [0.1, 0.15) is 38.3 Å². The summed E-state index contributed by atoms with van der Waals surface area (Å²) in [6, 6.07) is 8.50. The minimum atomic E-state index is -0.605. The second kappa shape index (κ2) is 8.33. The Bertz CT molecular complexity index is 994. The number of para-hydroxylation sites is 1. The smallest absolute Gasteiger partial charge is 0.316 e. The third-order valence-corrected chi connectivity index (χ3v) is 3.88. The molecule has 10 heteroatoms. The van der Waals surface area contributed by atoms with Crippen LogP contribution in [0, 0.1) is 13.8 Å². The van der Waals surface area contributed by atoms with Gasteiger partial charge in [-0.3, -0.25) is 14.3 Å². The number of amides is 2. The highest BCUT2D eigenvalue weighted by Crippen LogP contribution is 2.18. The van der Waals surface area contributed by atoms with Crippen LogP contribution in [0.25, 0.3) is 0 Å². The molecule has 0 fully saturated rings. The predicted octanol–water partition coefficient (Wildman–Crippen LogP) is 0.991. The van der Waals surface area contributed by atoms with Crippen molar-refractivity contribution in [2.45, 2.75) is 27.0 Å². The van der Waals surface area contributed by atoms with Crippen LogP contribution in [0.2, 0.25) is 0 Å². The van der Waals surface area contributed by atoms with E-state index in [4.69, 9.17) is 15.0 Å². The lowest BCUT2D eigenvalue weighted by Crippen LogP contribution is -2.28. The number of aromatic nitrogens is 4. The molecule has 2 heterocycles. The lowest BCUT2D eigenvalue weighted by atomic mass is 10.2. The van der Waals surface area contributed by atoms with Crippen molar-refractivity contribution in [2.24, 2.45) is 5.73 Å². The summed E-state index contributed by atoms with van der Waals surface area (Å²) in [5, 5.41) is 10.7. The molecule has 0 aliphatic heterocycles. The normalized spacial score (nSPS) is 10.6. The van der Waals surface area contributed by atoms with Gasteiger partial charge in [-0.25, -0.2) is 0 Å². The van der Waals surface area contributed by atoms with E-state index >= 15 is 0 Å². The van der Waals surface area contributed by atoms with E-state index in [1.165, 1.54) is 0 Å². The second-order valence-electron chi connectivity index (χ2n) is 6.07. The van der Waals surface area contributed by atoms with Gasteiger partial charge in [-0.2, -0.15) is 10.1 Å². The van der Waals surface area contributed by atoms with Gasteiger partial charge in [0.05, 0.1) is 17.8 Å². The van der Waals surface area contributed by atoms with Crippen LogP contribution < -0.4 is 15.8 Å². The van der Waals surface area contributed by atoms with Crippen LogP contribution in [-0.2, 0) is 13.2 Å². The molecule has 0 saturated heterocycles. The third-order valence-electron chi connectivity index (χ3n) is 3.88. The number of rotatable bonds is 8. The maximum absolute atomic E-state index is 12.1. The number of nitrogens with one attached hydrogen (secondary N) is 1. The molecule has 0 atom stereocenters. The largest absolute Gasteiger partial charge is 0.485 e. The average molecular weight is 384 g/mol. The van der Waals surface area contributed by atoms with Crippen molar-refractivity contribution >= 4 is 11.8 Å². The van der Waals surface area contributed by atoms with Gasteiger partial charge in [-0.1, -0.05) is 17.3 Å². The molecule has 2 amide bonds. The number of carbonyl (C=O) groups is 2. The molecule has 0 saturated carbocycles. The van der Waals surface area contributed by atoms with Gasteiger partial charge in [-0.05, 0) is 32.0 Å². The van der Waals surface area contributed by atoms with E-state index in [2.05, 4.69) is 20.6 Å². The highest BCUT2D eigenvalue weighted by Gasteiger charge is 2.16. The van der Waals surface area contributed by atoms with Crippen LogP contribution in [0.4, 0.5) is 0 Å². The Labute approximate surface area is 160 Å². The van der Waals surface area contributed by atoms with Gasteiger partial charge in [0.25, 0.3) is 5.91 Å². The molecule has 3 aromatic rings. The molecular weight excluding hydrogens is 364 g/mol. The van der Waals surface area contributed by atoms with Crippen molar-refractivity contribution in [3.8, 4) is 5.75 Å². The number of primary amides is 1. The summed E-state index contributed by atoms with van der Waals surface area (Å²) in [4.78, 5) is 27.5. The first-order valence-corrected chi connectivity index (χ1v) is 8.57. The van der Waals surface area contributed by atoms with E-state index in [-0.39, 0.29) is 23.9 Å². The Morgan fingerprint density at radius 1 is 1.29 bits per heavy atom. The number of nitrogens with zero attached hydrogens (tertiary/aromatic N) is 4. The molecule has 146 valence electrons. The Hall–Kier alpha value is -3.69. The molecule has 0 aliphatic carbocycles. The highest BCUT2D eigenvalue weighted by molar-refractivity contribution is 5.95. The molecule has 0 spiro atoms. The Kier molecular flexibility index (Phi) is 5.68. The fourth-order valence-corrected chi connectivity index (χ4v) is 2.60. The van der Waals surface area contributed by atoms with Crippen molar-refractivity contribution in [1.29, 1.82) is 0 Å². The summed E-state index contributed by atoms with van der Waals surface area (Å²) in [6.07, 6.45) is 0. The molecule has 3 rings (SSSR count). The highest BCUT2D eigenvalue weighted by atomic mass is 16.5. The topological polar surface area (TPSA) is 138 Å². The number of carbonyl (C=O) groups excluding carboxylic acids is 2. The molecule has 0 radical (unpaired) electrons. The number of hydrogen-bond acceptors (Lipinski definition) is 7. The molecular formula is C18H20N6O4. The van der Waals surface area contributed by atoms with E-state index in [0.717, 1.165) is 11.4 Å². The van der Waals surface area contributed by atoms with Crippen LogP contribution in [-0.4, -0.2) is 38.3 Å². The van der Waals surface area contributed by atoms with Crippen LogP contribution in [0.3, 0.4) is 0 Å². The number of nitrogens with two attached hydrogens (primary N) is 1. The minimum absolute atomic E-state index is 0.0766. The predicted molar refractivity (Wildman–Crippen MR) is 97.6 cm³/mol. The maximum Gasteiger partial charge on any atom is 0.316 e. The standard InChI is InChI=1S/C18H20N6O4/c1-11-9-12(2)24(22-11)8-7-20-17(26)18-21-15(23-28-18)10-27-14-6-4-3-5-13(14)16(19)25/h3-6,9H,7-8,10H2,1-2H3,(H2,19,25)(H,20,26). The molecule has 3 N–H and O–H groups in total. The number of benzene rings is 1. The van der Waals surface area contributed by atoms with Gasteiger partial charge in [0.1, 0.15) is 5.75 Å². The van der Waals surface area contributed by atoms with E-state index in [1.807, 2.05) is 19.9 Å². The lowest BCUT2D eigenvalue weighted by Gasteiger charge is -2.06. The zero-order chi connectivity index (χ0) is 20.1. The van der Waals surface area contributed by atoms with Crippen molar-refractivity contribution < 1.29 is 18.8 Å². The van der Waals surface area contributed by atoms with Gasteiger partial charge in [-0.15, -0.1) is 0 Å². The number of aryl methyl sites for hydroxylation is 2. The quantitative estimate of drug-likeness (QED) is 0.590. The maximum atomic E-state index is 12.1. The van der Waals surface area contributed by atoms with Gasteiger partial charge >= 0.3 is 11.8 Å². The Morgan fingerprint density at radius 3 is 2.79 bits per heavy atom. The zero-order valence-electron chi connectivity index (χ0n) is 15.5. The first kappa shape index (κ1) is 19.1. The van der Waals surface area contributed by atoms with Crippen LogP contribution in [0.5, 0.6) is 5.75 Å². The fraction of sp³-hybridized carbons (Fsp3) is 0.278. The first-order valence-electron chi connectivity index (χ1n) is 8.57. The minimum Gasteiger partial charge on any atom is -0.485 e. The van der Waals surface area contributed by atoms with Gasteiger partial charge in [0.2, 0.25) is 5.82 Å². The molecule has 0 unspecified atom stereocenters. The summed E-state index contributed by atoms with van der Waals surface area (Å²) in [5.41, 5.74) is 7.48. The van der Waals surface area contributed by atoms with Gasteiger partial charge < -0.3 is 20.3 Å². The molecule has 0 aliphatic rings. The average Bonchev–Trinajstić information content (AvgIpc) is 3.26. The van der Waals surface area contributed by atoms with E-state index in [9.17, 15) is 9.59 Å². The Morgan fingerprint density at radius 2 is 2.07 bits per heavy atom.